The van der Waals surface area contributed by atoms with Crippen LogP contribution in [0.5, 0.6) is 11.5 Å². The van der Waals surface area contributed by atoms with Gasteiger partial charge in [-0.3, -0.25) is 0 Å². The topological polar surface area (TPSA) is 60.7 Å². The molecule has 1 atom stereocenters. The molecule has 3 N–H and O–H groups in total. The quantitative estimate of drug-likeness (QED) is 0.774. The number of aliphatic hydroxyl groups excluding tert-OH is 1. The molecule has 1 aliphatic rings. The van der Waals surface area contributed by atoms with Crippen molar-refractivity contribution < 1.29 is 15.3 Å². The van der Waals surface area contributed by atoms with Crippen molar-refractivity contribution in [1.82, 2.24) is 0 Å². The van der Waals surface area contributed by atoms with Crippen LogP contribution in [0.25, 0.3) is 0 Å². The van der Waals surface area contributed by atoms with Crippen LogP contribution in [0, 0.1) is 5.41 Å². The maximum atomic E-state index is 9.65. The van der Waals surface area contributed by atoms with E-state index in [0.29, 0.717) is 6.42 Å². The summed E-state index contributed by atoms with van der Waals surface area (Å²) < 4.78 is 0. The molecule has 0 fully saturated rings. The molecular weight excluding hydrogens is 288 g/mol. The zero-order valence-electron chi connectivity index (χ0n) is 13.0. The number of phenols is 2. The molecule has 2 aromatic carbocycles. The summed E-state index contributed by atoms with van der Waals surface area (Å²) in [6, 6.07) is 14.4. The van der Waals surface area contributed by atoms with Gasteiger partial charge in [-0.05, 0) is 54.0 Å². The average molecular weight is 308 g/mol. The molecule has 0 saturated carbocycles. The second-order valence-electron chi connectivity index (χ2n) is 6.29. The number of aromatic hydroxyl groups is 2. The molecule has 0 heterocycles. The van der Waals surface area contributed by atoms with Crippen LogP contribution < -0.4 is 0 Å². The third kappa shape index (κ3) is 3.09. The fraction of sp³-hybridized carbons (Fsp3) is 0.200. The molecule has 3 nitrogen and oxygen atoms in total. The Morgan fingerprint density at radius 2 is 1.30 bits per heavy atom. The lowest BCUT2D eigenvalue weighted by molar-refractivity contribution is 0.349. The van der Waals surface area contributed by atoms with E-state index in [0.717, 1.165) is 11.1 Å². The fourth-order valence-electron chi connectivity index (χ4n) is 3.24. The van der Waals surface area contributed by atoms with Crippen molar-refractivity contribution in [2.45, 2.75) is 19.3 Å². The summed E-state index contributed by atoms with van der Waals surface area (Å²) in [6.07, 6.45) is 6.31. The zero-order valence-corrected chi connectivity index (χ0v) is 13.0. The lowest BCUT2D eigenvalue weighted by Gasteiger charge is -2.37. The molecule has 3 rings (SSSR count). The number of benzene rings is 2. The molecule has 3 heteroatoms. The third-order valence-corrected chi connectivity index (χ3v) is 4.50. The Morgan fingerprint density at radius 1 is 0.826 bits per heavy atom. The van der Waals surface area contributed by atoms with Gasteiger partial charge in [0.1, 0.15) is 17.3 Å². The fourth-order valence-corrected chi connectivity index (χ4v) is 3.24. The number of hydrogen-bond acceptors (Lipinski definition) is 3. The maximum absolute atomic E-state index is 9.65. The average Bonchev–Trinajstić information content (AvgIpc) is 2.54. The van der Waals surface area contributed by atoms with E-state index in [-0.39, 0.29) is 28.6 Å². The van der Waals surface area contributed by atoms with Gasteiger partial charge in [-0.1, -0.05) is 37.3 Å². The van der Waals surface area contributed by atoms with Gasteiger partial charge in [-0.15, -0.1) is 0 Å². The van der Waals surface area contributed by atoms with E-state index in [2.05, 4.69) is 6.92 Å². The van der Waals surface area contributed by atoms with Gasteiger partial charge in [-0.25, -0.2) is 0 Å². The van der Waals surface area contributed by atoms with Gasteiger partial charge < -0.3 is 15.3 Å². The predicted octanol–water partition coefficient (Wildman–Crippen LogP) is 4.64. The van der Waals surface area contributed by atoms with Crippen LogP contribution in [-0.2, 0) is 0 Å². The van der Waals surface area contributed by atoms with Gasteiger partial charge in [0, 0.05) is 11.3 Å². The zero-order chi connectivity index (χ0) is 16.4. The van der Waals surface area contributed by atoms with E-state index in [1.54, 1.807) is 30.3 Å². The Morgan fingerprint density at radius 3 is 1.70 bits per heavy atom. The number of rotatable bonds is 3. The highest BCUT2D eigenvalue weighted by atomic mass is 16.3. The van der Waals surface area contributed by atoms with Crippen LogP contribution in [0.1, 0.15) is 30.4 Å². The van der Waals surface area contributed by atoms with Crippen LogP contribution in [-0.4, -0.2) is 15.3 Å². The Labute approximate surface area is 135 Å². The smallest absolute Gasteiger partial charge is 0.115 e. The predicted molar refractivity (Wildman–Crippen MR) is 90.6 cm³/mol. The highest BCUT2D eigenvalue weighted by molar-refractivity contribution is 5.42. The summed E-state index contributed by atoms with van der Waals surface area (Å²) in [5.41, 5.74) is 1.95. The number of phenolic OH excluding ortho intramolecular Hbond substituents is 2. The summed E-state index contributed by atoms with van der Waals surface area (Å²) in [4.78, 5) is 0. The van der Waals surface area contributed by atoms with E-state index < -0.39 is 0 Å². The highest BCUT2D eigenvalue weighted by Gasteiger charge is 2.35. The summed E-state index contributed by atoms with van der Waals surface area (Å²) in [7, 11) is 0. The van der Waals surface area contributed by atoms with Crippen LogP contribution >= 0.6 is 0 Å². The molecule has 0 aromatic heterocycles. The van der Waals surface area contributed by atoms with Crippen molar-refractivity contribution in [2.24, 2.45) is 5.41 Å². The minimum atomic E-state index is -0.208. The summed E-state index contributed by atoms with van der Waals surface area (Å²) in [5.74, 6) is 0.808. The first kappa shape index (κ1) is 15.2. The monoisotopic (exact) mass is 308 g/mol. The molecule has 0 amide bonds. The number of hydrogen-bond donors (Lipinski definition) is 3. The summed E-state index contributed by atoms with van der Waals surface area (Å²) in [5, 5.41) is 28.8. The molecule has 118 valence electrons. The molecule has 2 aromatic rings. The van der Waals surface area contributed by atoms with Gasteiger partial charge in [0.2, 0.25) is 0 Å². The molecule has 0 bridgehead atoms. The third-order valence-electron chi connectivity index (χ3n) is 4.50. The molecule has 0 spiro atoms. The molecule has 23 heavy (non-hydrogen) atoms. The van der Waals surface area contributed by atoms with Crippen molar-refractivity contribution in [1.29, 1.82) is 0 Å². The first-order chi connectivity index (χ1) is 11.0. The standard InChI is InChI=1S/C20H20O3/c1-20(12-10-18(23)11-13-20)19(14-2-6-16(21)7-3-14)15-4-8-17(22)9-5-15/h2-12,19,21-23H,13H2,1H3. The Bertz CT molecular complexity index is 696. The van der Waals surface area contributed by atoms with Crippen LogP contribution in [0.2, 0.25) is 0 Å². The van der Waals surface area contributed by atoms with Crippen molar-refractivity contribution in [3.63, 3.8) is 0 Å². The molecule has 0 saturated heterocycles. The van der Waals surface area contributed by atoms with Crippen molar-refractivity contribution >= 4 is 0 Å². The van der Waals surface area contributed by atoms with Gasteiger partial charge in [0.15, 0.2) is 0 Å². The van der Waals surface area contributed by atoms with E-state index in [1.807, 2.05) is 36.4 Å². The van der Waals surface area contributed by atoms with Crippen LogP contribution in [0.4, 0.5) is 0 Å². The second kappa shape index (κ2) is 5.84. The van der Waals surface area contributed by atoms with E-state index in [9.17, 15) is 15.3 Å². The summed E-state index contributed by atoms with van der Waals surface area (Å²) in [6.45, 7) is 2.15. The van der Waals surface area contributed by atoms with E-state index in [1.165, 1.54) is 0 Å². The maximum Gasteiger partial charge on any atom is 0.115 e. The van der Waals surface area contributed by atoms with E-state index in [4.69, 9.17) is 0 Å². The molecule has 0 radical (unpaired) electrons. The van der Waals surface area contributed by atoms with Crippen molar-refractivity contribution in [3.05, 3.63) is 83.6 Å². The largest absolute Gasteiger partial charge is 0.508 e. The first-order valence-corrected chi connectivity index (χ1v) is 7.64. The van der Waals surface area contributed by atoms with Gasteiger partial charge in [-0.2, -0.15) is 0 Å². The molecular formula is C20H20O3. The molecule has 0 aliphatic heterocycles. The number of aliphatic hydroxyl groups is 1. The summed E-state index contributed by atoms with van der Waals surface area (Å²) >= 11 is 0. The second-order valence-corrected chi connectivity index (χ2v) is 6.29. The Balaban J connectivity index is 2.08. The van der Waals surface area contributed by atoms with Gasteiger partial charge in [0.25, 0.3) is 0 Å². The molecule has 1 aliphatic carbocycles. The highest BCUT2D eigenvalue weighted by Crippen LogP contribution is 2.47. The minimum absolute atomic E-state index is 0.0456. The Kier molecular flexibility index (Phi) is 3.87. The normalized spacial score (nSPS) is 20.5. The SMILES string of the molecule is CC1(C(c2ccc(O)cc2)c2ccc(O)cc2)C=CC(O)=CC1. The van der Waals surface area contributed by atoms with Crippen molar-refractivity contribution in [3.8, 4) is 11.5 Å². The minimum Gasteiger partial charge on any atom is -0.508 e. The van der Waals surface area contributed by atoms with Gasteiger partial charge in [0.05, 0.1) is 0 Å². The first-order valence-electron chi connectivity index (χ1n) is 7.64. The molecule has 1 unspecified atom stereocenters. The van der Waals surface area contributed by atoms with Crippen LogP contribution in [0.15, 0.2) is 72.5 Å². The Hall–Kier alpha value is -2.68. The van der Waals surface area contributed by atoms with Gasteiger partial charge >= 0.3 is 0 Å². The lowest BCUT2D eigenvalue weighted by atomic mass is 9.67. The van der Waals surface area contributed by atoms with Crippen molar-refractivity contribution in [2.75, 3.05) is 0 Å². The number of allylic oxidation sites excluding steroid dienone is 3. The van der Waals surface area contributed by atoms with E-state index >= 15 is 0 Å². The lowest BCUT2D eigenvalue weighted by Crippen LogP contribution is -2.25. The van der Waals surface area contributed by atoms with Crippen LogP contribution in [0.3, 0.4) is 0 Å².